The van der Waals surface area contributed by atoms with E-state index in [0.717, 1.165) is 16.9 Å². The fourth-order valence-corrected chi connectivity index (χ4v) is 1.74. The molecular formula is C14H14ClNO. The van der Waals surface area contributed by atoms with Gasteiger partial charge in [0.2, 0.25) is 0 Å². The maximum absolute atomic E-state index is 5.78. The van der Waals surface area contributed by atoms with Crippen LogP contribution in [-0.4, -0.2) is 0 Å². The van der Waals surface area contributed by atoms with Gasteiger partial charge in [-0.3, -0.25) is 0 Å². The highest BCUT2D eigenvalue weighted by molar-refractivity contribution is 6.13. The molecule has 0 radical (unpaired) electrons. The van der Waals surface area contributed by atoms with Gasteiger partial charge in [-0.15, -0.1) is 0 Å². The number of rotatable bonds is 5. The highest BCUT2D eigenvalue weighted by Crippen LogP contribution is 2.19. The zero-order valence-electron chi connectivity index (χ0n) is 9.40. The minimum atomic E-state index is 0.570. The third kappa shape index (κ3) is 3.48. The summed E-state index contributed by atoms with van der Waals surface area (Å²) in [6.45, 7) is 1.16. The van der Waals surface area contributed by atoms with Gasteiger partial charge in [0.25, 0.3) is 0 Å². The number of hydrogen-bond donors (Lipinski definition) is 1. The second-order valence-electron chi connectivity index (χ2n) is 3.69. The van der Waals surface area contributed by atoms with E-state index in [-0.39, 0.29) is 0 Å². The molecular weight excluding hydrogens is 234 g/mol. The molecule has 0 bridgehead atoms. The molecule has 0 spiro atoms. The Kier molecular flexibility index (Phi) is 4.42. The third-order valence-electron chi connectivity index (χ3n) is 2.47. The van der Waals surface area contributed by atoms with E-state index in [4.69, 9.17) is 16.5 Å². The van der Waals surface area contributed by atoms with Crippen LogP contribution in [0.25, 0.3) is 0 Å². The molecule has 0 atom stereocenters. The molecule has 17 heavy (non-hydrogen) atoms. The molecule has 0 aliphatic heterocycles. The zero-order chi connectivity index (χ0) is 11.9. The van der Waals surface area contributed by atoms with Gasteiger partial charge in [-0.2, -0.15) is 0 Å². The third-order valence-corrected chi connectivity index (χ3v) is 2.60. The summed E-state index contributed by atoms with van der Waals surface area (Å²) in [6.07, 6.45) is 0. The lowest BCUT2D eigenvalue weighted by Gasteiger charge is -2.10. The Morgan fingerprint density at radius 3 is 2.41 bits per heavy atom. The molecule has 0 aromatic heterocycles. The van der Waals surface area contributed by atoms with Gasteiger partial charge in [0.15, 0.2) is 0 Å². The summed E-state index contributed by atoms with van der Waals surface area (Å²) < 4.78 is 5.78. The largest absolute Gasteiger partial charge is 0.489 e. The maximum atomic E-state index is 5.78. The normalized spacial score (nSPS) is 10.2. The topological polar surface area (TPSA) is 21.3 Å². The summed E-state index contributed by atoms with van der Waals surface area (Å²) >= 11 is 5.52. The Morgan fingerprint density at radius 1 is 0.941 bits per heavy atom. The van der Waals surface area contributed by atoms with Crippen LogP contribution in [0.15, 0.2) is 54.6 Å². The van der Waals surface area contributed by atoms with Gasteiger partial charge in [-0.25, -0.2) is 4.84 Å². The summed E-state index contributed by atoms with van der Waals surface area (Å²) in [6, 6.07) is 18.0. The van der Waals surface area contributed by atoms with Crippen molar-refractivity contribution < 1.29 is 4.74 Å². The van der Waals surface area contributed by atoms with Crippen molar-refractivity contribution in [1.82, 2.24) is 4.84 Å². The van der Waals surface area contributed by atoms with Gasteiger partial charge >= 0.3 is 0 Å². The Bertz CT molecular complexity index is 459. The number of ether oxygens (including phenoxy) is 1. The van der Waals surface area contributed by atoms with E-state index in [0.29, 0.717) is 13.2 Å². The summed E-state index contributed by atoms with van der Waals surface area (Å²) in [5.41, 5.74) is 2.21. The van der Waals surface area contributed by atoms with E-state index in [1.807, 2.05) is 54.6 Å². The van der Waals surface area contributed by atoms with Crippen molar-refractivity contribution in [3.8, 4) is 5.75 Å². The zero-order valence-corrected chi connectivity index (χ0v) is 10.2. The Morgan fingerprint density at radius 2 is 1.65 bits per heavy atom. The molecule has 0 aliphatic rings. The first-order valence-electron chi connectivity index (χ1n) is 5.48. The van der Waals surface area contributed by atoms with Crippen LogP contribution < -0.4 is 9.57 Å². The quantitative estimate of drug-likeness (QED) is 0.817. The van der Waals surface area contributed by atoms with Crippen LogP contribution >= 0.6 is 11.8 Å². The highest BCUT2D eigenvalue weighted by atomic mass is 35.5. The van der Waals surface area contributed by atoms with Crippen molar-refractivity contribution >= 4 is 11.8 Å². The fourth-order valence-electron chi connectivity index (χ4n) is 1.60. The molecule has 88 valence electrons. The molecule has 2 aromatic carbocycles. The molecule has 2 aromatic rings. The molecule has 0 saturated heterocycles. The van der Waals surface area contributed by atoms with E-state index in [2.05, 4.69) is 4.84 Å². The van der Waals surface area contributed by atoms with Crippen LogP contribution in [-0.2, 0) is 13.2 Å². The van der Waals surface area contributed by atoms with Gasteiger partial charge in [0.1, 0.15) is 12.4 Å². The first-order chi connectivity index (χ1) is 8.40. The van der Waals surface area contributed by atoms with Crippen molar-refractivity contribution in [2.75, 3.05) is 0 Å². The SMILES string of the molecule is ClNCc1ccccc1OCc1ccccc1. The number of benzene rings is 2. The van der Waals surface area contributed by atoms with Gasteiger partial charge in [0, 0.05) is 12.1 Å². The van der Waals surface area contributed by atoms with Gasteiger partial charge in [-0.1, -0.05) is 48.5 Å². The minimum Gasteiger partial charge on any atom is -0.489 e. The predicted octanol–water partition coefficient (Wildman–Crippen LogP) is 3.51. The van der Waals surface area contributed by atoms with E-state index < -0.39 is 0 Å². The molecule has 2 nitrogen and oxygen atoms in total. The van der Waals surface area contributed by atoms with Crippen LogP contribution in [0.3, 0.4) is 0 Å². The average molecular weight is 248 g/mol. The first kappa shape index (κ1) is 12.0. The second kappa shape index (κ2) is 6.28. The molecule has 0 heterocycles. The summed E-state index contributed by atoms with van der Waals surface area (Å²) in [5.74, 6) is 0.865. The van der Waals surface area contributed by atoms with Gasteiger partial charge in [-0.05, 0) is 23.4 Å². The fraction of sp³-hybridized carbons (Fsp3) is 0.143. The Labute approximate surface area is 106 Å². The van der Waals surface area contributed by atoms with E-state index >= 15 is 0 Å². The number of nitrogens with one attached hydrogen (secondary N) is 1. The summed E-state index contributed by atoms with van der Waals surface area (Å²) in [7, 11) is 0. The summed E-state index contributed by atoms with van der Waals surface area (Å²) in [5, 5.41) is 0. The van der Waals surface area contributed by atoms with Crippen LogP contribution in [0.5, 0.6) is 5.75 Å². The van der Waals surface area contributed by atoms with Gasteiger partial charge < -0.3 is 4.74 Å². The molecule has 0 unspecified atom stereocenters. The minimum absolute atomic E-state index is 0.570. The van der Waals surface area contributed by atoms with Gasteiger partial charge in [0.05, 0.1) is 0 Å². The Hall–Kier alpha value is -1.51. The lowest BCUT2D eigenvalue weighted by molar-refractivity contribution is 0.303. The van der Waals surface area contributed by atoms with E-state index in [1.54, 1.807) is 0 Å². The molecule has 3 heteroatoms. The van der Waals surface area contributed by atoms with Crippen molar-refractivity contribution in [3.05, 3.63) is 65.7 Å². The van der Waals surface area contributed by atoms with Crippen molar-refractivity contribution in [2.24, 2.45) is 0 Å². The first-order valence-corrected chi connectivity index (χ1v) is 5.86. The van der Waals surface area contributed by atoms with Crippen LogP contribution in [0.4, 0.5) is 0 Å². The molecule has 0 aliphatic carbocycles. The monoisotopic (exact) mass is 247 g/mol. The van der Waals surface area contributed by atoms with E-state index in [9.17, 15) is 0 Å². The number of hydrogen-bond acceptors (Lipinski definition) is 2. The van der Waals surface area contributed by atoms with Crippen LogP contribution in [0.1, 0.15) is 11.1 Å². The van der Waals surface area contributed by atoms with Crippen molar-refractivity contribution in [2.45, 2.75) is 13.2 Å². The molecule has 2 rings (SSSR count). The van der Waals surface area contributed by atoms with E-state index in [1.165, 1.54) is 0 Å². The van der Waals surface area contributed by atoms with Crippen molar-refractivity contribution in [1.29, 1.82) is 0 Å². The Balaban J connectivity index is 2.03. The summed E-state index contributed by atoms with van der Waals surface area (Å²) in [4.78, 5) is 2.61. The number of halogens is 1. The number of para-hydroxylation sites is 1. The predicted molar refractivity (Wildman–Crippen MR) is 69.9 cm³/mol. The maximum Gasteiger partial charge on any atom is 0.124 e. The smallest absolute Gasteiger partial charge is 0.124 e. The van der Waals surface area contributed by atoms with Crippen LogP contribution in [0, 0.1) is 0 Å². The molecule has 1 N–H and O–H groups in total. The molecule has 0 amide bonds. The standard InChI is InChI=1S/C14H14ClNO/c15-16-10-13-8-4-5-9-14(13)17-11-12-6-2-1-3-7-12/h1-9,16H,10-11H2. The van der Waals surface area contributed by atoms with Crippen LogP contribution in [0.2, 0.25) is 0 Å². The lowest BCUT2D eigenvalue weighted by atomic mass is 10.2. The van der Waals surface area contributed by atoms with Crippen molar-refractivity contribution in [3.63, 3.8) is 0 Å². The molecule has 0 saturated carbocycles. The lowest BCUT2D eigenvalue weighted by Crippen LogP contribution is -2.03. The average Bonchev–Trinajstić information content (AvgIpc) is 2.39. The second-order valence-corrected chi connectivity index (χ2v) is 3.96. The highest BCUT2D eigenvalue weighted by Gasteiger charge is 2.02. The molecule has 0 fully saturated rings.